The SMILES string of the molecule is CNc1ccc(OCCCCCCCCOc2ccc(NC)cc2)cc1. The van der Waals surface area contributed by atoms with Gasteiger partial charge in [0.05, 0.1) is 13.2 Å². The summed E-state index contributed by atoms with van der Waals surface area (Å²) in [6, 6.07) is 16.2. The molecule has 2 N–H and O–H groups in total. The highest BCUT2D eigenvalue weighted by atomic mass is 16.5. The molecular formula is C22H32N2O2. The van der Waals surface area contributed by atoms with Crippen molar-refractivity contribution in [2.45, 2.75) is 38.5 Å². The molecule has 0 aliphatic carbocycles. The lowest BCUT2D eigenvalue weighted by atomic mass is 10.1. The van der Waals surface area contributed by atoms with Crippen LogP contribution in [0, 0.1) is 0 Å². The van der Waals surface area contributed by atoms with Crippen LogP contribution in [-0.4, -0.2) is 27.3 Å². The van der Waals surface area contributed by atoms with E-state index in [4.69, 9.17) is 9.47 Å². The highest BCUT2D eigenvalue weighted by Gasteiger charge is 1.97. The Labute approximate surface area is 157 Å². The summed E-state index contributed by atoms with van der Waals surface area (Å²) < 4.78 is 11.5. The molecule has 4 nitrogen and oxygen atoms in total. The average Bonchev–Trinajstić information content (AvgIpc) is 2.70. The maximum absolute atomic E-state index is 5.76. The minimum atomic E-state index is 0.796. The number of unbranched alkanes of at least 4 members (excludes halogenated alkanes) is 5. The number of anilines is 2. The van der Waals surface area contributed by atoms with Crippen molar-refractivity contribution in [1.82, 2.24) is 0 Å². The van der Waals surface area contributed by atoms with E-state index in [1.165, 1.54) is 25.7 Å². The normalized spacial score (nSPS) is 10.4. The van der Waals surface area contributed by atoms with E-state index >= 15 is 0 Å². The summed E-state index contributed by atoms with van der Waals surface area (Å²) in [6.07, 6.45) is 7.20. The monoisotopic (exact) mass is 356 g/mol. The Balaban J connectivity index is 1.41. The molecule has 4 heteroatoms. The average molecular weight is 357 g/mol. The molecule has 26 heavy (non-hydrogen) atoms. The van der Waals surface area contributed by atoms with Crippen molar-refractivity contribution >= 4 is 11.4 Å². The molecule has 142 valence electrons. The second-order valence-corrected chi connectivity index (χ2v) is 6.37. The fourth-order valence-electron chi connectivity index (χ4n) is 2.73. The van der Waals surface area contributed by atoms with Crippen LogP contribution in [0.3, 0.4) is 0 Å². The van der Waals surface area contributed by atoms with Gasteiger partial charge in [0.1, 0.15) is 11.5 Å². The Kier molecular flexibility index (Phi) is 9.26. The molecule has 0 spiro atoms. The van der Waals surface area contributed by atoms with Crippen molar-refractivity contribution in [1.29, 1.82) is 0 Å². The molecule has 0 saturated carbocycles. The first-order valence-corrected chi connectivity index (χ1v) is 9.63. The standard InChI is InChI=1S/C22H32N2O2/c1-23-19-9-13-21(14-10-19)25-17-7-5-3-4-6-8-18-26-22-15-11-20(24-2)12-16-22/h9-16,23-24H,3-8,17-18H2,1-2H3. The van der Waals surface area contributed by atoms with Crippen LogP contribution >= 0.6 is 0 Å². The Bertz CT molecular complexity index is 541. The highest BCUT2D eigenvalue weighted by molar-refractivity contribution is 5.46. The summed E-state index contributed by atoms with van der Waals surface area (Å²) >= 11 is 0. The largest absolute Gasteiger partial charge is 0.494 e. The Hall–Kier alpha value is -2.36. The zero-order valence-corrected chi connectivity index (χ0v) is 16.1. The highest BCUT2D eigenvalue weighted by Crippen LogP contribution is 2.17. The van der Waals surface area contributed by atoms with Gasteiger partial charge in [0, 0.05) is 25.5 Å². The van der Waals surface area contributed by atoms with Gasteiger partial charge in [-0.2, -0.15) is 0 Å². The van der Waals surface area contributed by atoms with Crippen LogP contribution in [-0.2, 0) is 0 Å². The number of hydrogen-bond donors (Lipinski definition) is 2. The second-order valence-electron chi connectivity index (χ2n) is 6.37. The van der Waals surface area contributed by atoms with Crippen molar-refractivity contribution in [3.63, 3.8) is 0 Å². The summed E-state index contributed by atoms with van der Waals surface area (Å²) in [5, 5.41) is 6.21. The van der Waals surface area contributed by atoms with Crippen LogP contribution in [0.5, 0.6) is 11.5 Å². The fraction of sp³-hybridized carbons (Fsp3) is 0.455. The number of nitrogens with one attached hydrogen (secondary N) is 2. The van der Waals surface area contributed by atoms with Gasteiger partial charge in [0.25, 0.3) is 0 Å². The van der Waals surface area contributed by atoms with Crippen molar-refractivity contribution < 1.29 is 9.47 Å². The topological polar surface area (TPSA) is 42.5 Å². The van der Waals surface area contributed by atoms with E-state index in [1.54, 1.807) is 0 Å². The summed E-state index contributed by atoms with van der Waals surface area (Å²) in [4.78, 5) is 0. The number of hydrogen-bond acceptors (Lipinski definition) is 4. The van der Waals surface area contributed by atoms with Gasteiger partial charge in [-0.05, 0) is 61.4 Å². The maximum Gasteiger partial charge on any atom is 0.119 e. The van der Waals surface area contributed by atoms with Gasteiger partial charge in [-0.25, -0.2) is 0 Å². The van der Waals surface area contributed by atoms with E-state index in [9.17, 15) is 0 Å². The molecular weight excluding hydrogens is 324 g/mol. The number of benzene rings is 2. The Morgan fingerprint density at radius 1 is 0.538 bits per heavy atom. The van der Waals surface area contributed by atoms with Crippen molar-refractivity contribution in [3.8, 4) is 11.5 Å². The lowest BCUT2D eigenvalue weighted by Gasteiger charge is -2.08. The van der Waals surface area contributed by atoms with Crippen molar-refractivity contribution in [3.05, 3.63) is 48.5 Å². The van der Waals surface area contributed by atoms with Crippen LogP contribution in [0.1, 0.15) is 38.5 Å². The quantitative estimate of drug-likeness (QED) is 0.461. The van der Waals surface area contributed by atoms with Crippen molar-refractivity contribution in [2.24, 2.45) is 0 Å². The smallest absolute Gasteiger partial charge is 0.119 e. The summed E-state index contributed by atoms with van der Waals surface area (Å²) in [7, 11) is 3.84. The van der Waals surface area contributed by atoms with Gasteiger partial charge < -0.3 is 20.1 Å². The number of rotatable bonds is 13. The molecule has 0 atom stereocenters. The zero-order valence-electron chi connectivity index (χ0n) is 16.1. The second kappa shape index (κ2) is 12.1. The maximum atomic E-state index is 5.76. The predicted molar refractivity (Wildman–Crippen MR) is 111 cm³/mol. The molecule has 0 aliphatic rings. The van der Waals surface area contributed by atoms with Gasteiger partial charge in [0.2, 0.25) is 0 Å². The summed E-state index contributed by atoms with van der Waals surface area (Å²) in [5.41, 5.74) is 2.22. The molecule has 0 heterocycles. The van der Waals surface area contributed by atoms with Gasteiger partial charge in [-0.3, -0.25) is 0 Å². The predicted octanol–water partition coefficient (Wildman–Crippen LogP) is 5.57. The first-order valence-electron chi connectivity index (χ1n) is 9.63. The molecule has 2 aromatic rings. The van der Waals surface area contributed by atoms with Gasteiger partial charge in [-0.1, -0.05) is 25.7 Å². The number of ether oxygens (including phenoxy) is 2. The van der Waals surface area contributed by atoms with Crippen LogP contribution in [0.15, 0.2) is 48.5 Å². The molecule has 0 fully saturated rings. The summed E-state index contributed by atoms with van der Waals surface area (Å²) in [6.45, 7) is 1.59. The summed E-state index contributed by atoms with van der Waals surface area (Å²) in [5.74, 6) is 1.90. The third kappa shape index (κ3) is 7.68. The molecule has 0 amide bonds. The van der Waals surface area contributed by atoms with Crippen LogP contribution in [0.2, 0.25) is 0 Å². The van der Waals surface area contributed by atoms with Gasteiger partial charge in [0.15, 0.2) is 0 Å². The first kappa shape index (κ1) is 20.0. The Morgan fingerprint density at radius 3 is 1.23 bits per heavy atom. The van der Waals surface area contributed by atoms with E-state index < -0.39 is 0 Å². The van der Waals surface area contributed by atoms with E-state index in [1.807, 2.05) is 62.6 Å². The van der Waals surface area contributed by atoms with Gasteiger partial charge in [-0.15, -0.1) is 0 Å². The van der Waals surface area contributed by atoms with E-state index in [0.29, 0.717) is 0 Å². The molecule has 0 saturated heterocycles. The molecule has 0 bridgehead atoms. The zero-order chi connectivity index (χ0) is 18.5. The van der Waals surface area contributed by atoms with Crippen molar-refractivity contribution in [2.75, 3.05) is 37.9 Å². The molecule has 0 radical (unpaired) electrons. The van der Waals surface area contributed by atoms with E-state index in [0.717, 1.165) is 48.9 Å². The van der Waals surface area contributed by atoms with Crippen LogP contribution in [0.4, 0.5) is 11.4 Å². The molecule has 0 aromatic heterocycles. The van der Waals surface area contributed by atoms with Crippen LogP contribution in [0.25, 0.3) is 0 Å². The first-order chi connectivity index (χ1) is 12.8. The fourth-order valence-corrected chi connectivity index (χ4v) is 2.73. The van der Waals surface area contributed by atoms with Gasteiger partial charge >= 0.3 is 0 Å². The molecule has 2 aromatic carbocycles. The lowest BCUT2D eigenvalue weighted by Crippen LogP contribution is -1.99. The third-order valence-corrected chi connectivity index (χ3v) is 4.36. The van der Waals surface area contributed by atoms with E-state index in [-0.39, 0.29) is 0 Å². The minimum Gasteiger partial charge on any atom is -0.494 e. The molecule has 0 unspecified atom stereocenters. The van der Waals surface area contributed by atoms with Crippen LogP contribution < -0.4 is 20.1 Å². The van der Waals surface area contributed by atoms with E-state index in [2.05, 4.69) is 10.6 Å². The third-order valence-electron chi connectivity index (χ3n) is 4.36. The minimum absolute atomic E-state index is 0.796. The lowest BCUT2D eigenvalue weighted by molar-refractivity contribution is 0.297. The molecule has 2 rings (SSSR count). The molecule has 0 aliphatic heterocycles. The Morgan fingerprint density at radius 2 is 0.885 bits per heavy atom.